The molecule has 0 aliphatic rings. The van der Waals surface area contributed by atoms with Crippen LogP contribution in [0.2, 0.25) is 0 Å². The first kappa shape index (κ1) is 10.3. The lowest BCUT2D eigenvalue weighted by atomic mass is 9.92. The average Bonchev–Trinajstić information content (AvgIpc) is 1.61. The Morgan fingerprint density at radius 3 is 1.80 bits per heavy atom. The van der Waals surface area contributed by atoms with Crippen LogP contribution in [0.15, 0.2) is 0 Å². The summed E-state index contributed by atoms with van der Waals surface area (Å²) in [5, 5.41) is 0. The fourth-order valence-electron chi connectivity index (χ4n) is 0.314. The van der Waals surface area contributed by atoms with Gasteiger partial charge in [0.05, 0.1) is 5.60 Å². The molecule has 2 nitrogen and oxygen atoms in total. The topological polar surface area (TPSA) is 35.2 Å². The molecule has 2 N–H and O–H groups in total. The second-order valence-corrected chi connectivity index (χ2v) is 4.44. The van der Waals surface area contributed by atoms with E-state index in [0.29, 0.717) is 0 Å². The number of thiol groups is 1. The number of rotatable bonds is 3. The maximum atomic E-state index is 5.17. The molecule has 10 heavy (non-hydrogen) atoms. The molecule has 0 aliphatic carbocycles. The highest BCUT2D eigenvalue weighted by atomic mass is 32.1. The van der Waals surface area contributed by atoms with Gasteiger partial charge in [0.2, 0.25) is 0 Å². The highest BCUT2D eigenvalue weighted by molar-refractivity contribution is 7.81. The first-order valence-corrected chi connectivity index (χ1v) is 3.69. The van der Waals surface area contributed by atoms with Gasteiger partial charge in [-0.3, -0.25) is 0 Å². The van der Waals surface area contributed by atoms with Crippen LogP contribution in [-0.2, 0) is 4.65 Å². The normalized spacial score (nSPS) is 13.4. The molecular weight excluding hydrogens is 145 g/mol. The van der Waals surface area contributed by atoms with E-state index in [9.17, 15) is 0 Å². The Bertz CT molecular complexity index is 111. The zero-order valence-electron chi connectivity index (χ0n) is 7.01. The van der Waals surface area contributed by atoms with E-state index in [1.54, 1.807) is 0 Å². The van der Waals surface area contributed by atoms with Crippen LogP contribution < -0.4 is 5.64 Å². The molecule has 0 rings (SSSR count). The van der Waals surface area contributed by atoms with Crippen molar-refractivity contribution in [2.45, 2.75) is 38.0 Å². The van der Waals surface area contributed by atoms with E-state index >= 15 is 0 Å². The molecule has 0 bridgehead atoms. The maximum absolute atomic E-state index is 5.17. The maximum Gasteiger partial charge on any atom is 0.393 e. The van der Waals surface area contributed by atoms with Gasteiger partial charge in [0.25, 0.3) is 0 Å². The Labute approximate surface area is 69.2 Å². The second-order valence-electron chi connectivity index (χ2n) is 3.32. The molecule has 0 aliphatic heterocycles. The monoisotopic (exact) mass is 160 g/mol. The zero-order valence-corrected chi connectivity index (χ0v) is 7.90. The van der Waals surface area contributed by atoms with Crippen LogP contribution in [0.25, 0.3) is 0 Å². The minimum atomic E-state index is -0.329. The fourth-order valence-corrected chi connectivity index (χ4v) is 0.367. The summed E-state index contributed by atoms with van der Waals surface area (Å²) in [5.41, 5.74) is 4.80. The van der Waals surface area contributed by atoms with Crippen molar-refractivity contribution in [2.24, 2.45) is 5.64 Å². The molecule has 0 unspecified atom stereocenters. The van der Waals surface area contributed by atoms with Crippen molar-refractivity contribution in [3.05, 3.63) is 0 Å². The standard InChI is InChI=1S/C6H15BNOS/c1-5(2,9-7-8)6(3,4)10/h10H,8H2,1-4H3. The van der Waals surface area contributed by atoms with E-state index in [-0.39, 0.29) is 10.3 Å². The molecule has 0 heterocycles. The van der Waals surface area contributed by atoms with Gasteiger partial charge in [-0.25, -0.2) is 0 Å². The first-order chi connectivity index (χ1) is 4.31. The van der Waals surface area contributed by atoms with Gasteiger partial charge in [-0.2, -0.15) is 12.6 Å². The number of hydrogen-bond acceptors (Lipinski definition) is 3. The predicted octanol–water partition coefficient (Wildman–Crippen LogP) is 0.983. The molecule has 0 atom stereocenters. The van der Waals surface area contributed by atoms with Gasteiger partial charge in [-0.15, -0.1) is 0 Å². The van der Waals surface area contributed by atoms with Crippen molar-refractivity contribution in [1.82, 2.24) is 0 Å². The molecule has 0 spiro atoms. The van der Waals surface area contributed by atoms with Gasteiger partial charge >= 0.3 is 7.62 Å². The highest BCUT2D eigenvalue weighted by Crippen LogP contribution is 2.29. The SMILES string of the molecule is CC(C)(S)C(C)(C)O[B]N. The van der Waals surface area contributed by atoms with Gasteiger partial charge in [0.15, 0.2) is 0 Å². The summed E-state index contributed by atoms with van der Waals surface area (Å²) in [6.07, 6.45) is 0. The minimum Gasteiger partial charge on any atom is -0.418 e. The molecule has 59 valence electrons. The lowest BCUT2D eigenvalue weighted by molar-refractivity contribution is 0.0827. The van der Waals surface area contributed by atoms with E-state index in [0.717, 1.165) is 0 Å². The number of hydrogen-bond donors (Lipinski definition) is 2. The van der Waals surface area contributed by atoms with Crippen molar-refractivity contribution in [3.63, 3.8) is 0 Å². The molecule has 0 saturated heterocycles. The van der Waals surface area contributed by atoms with Gasteiger partial charge in [0, 0.05) is 4.75 Å². The molecule has 1 radical (unpaired) electrons. The Balaban J connectivity index is 4.10. The summed E-state index contributed by atoms with van der Waals surface area (Å²) >= 11 is 4.37. The molecule has 0 aromatic rings. The number of nitrogens with two attached hydrogens (primary N) is 1. The summed E-state index contributed by atoms with van der Waals surface area (Å²) in [7, 11) is 1.21. The Morgan fingerprint density at radius 2 is 1.70 bits per heavy atom. The van der Waals surface area contributed by atoms with E-state index in [2.05, 4.69) is 12.6 Å². The molecule has 0 aromatic carbocycles. The minimum absolute atomic E-state index is 0.192. The van der Waals surface area contributed by atoms with E-state index in [1.807, 2.05) is 27.7 Å². The van der Waals surface area contributed by atoms with Crippen LogP contribution in [0.5, 0.6) is 0 Å². The highest BCUT2D eigenvalue weighted by Gasteiger charge is 2.33. The zero-order chi connectivity index (χ0) is 8.41. The summed E-state index contributed by atoms with van der Waals surface area (Å²) in [6.45, 7) is 7.87. The van der Waals surface area contributed by atoms with Crippen molar-refractivity contribution >= 4 is 20.2 Å². The van der Waals surface area contributed by atoms with Gasteiger partial charge < -0.3 is 10.3 Å². The quantitative estimate of drug-likeness (QED) is 0.476. The molecule has 0 fully saturated rings. The predicted molar refractivity (Wildman–Crippen MR) is 48.2 cm³/mol. The van der Waals surface area contributed by atoms with Gasteiger partial charge in [-0.05, 0) is 27.7 Å². The Morgan fingerprint density at radius 1 is 1.30 bits per heavy atom. The fraction of sp³-hybridized carbons (Fsp3) is 1.00. The van der Waals surface area contributed by atoms with Crippen LogP contribution in [0.1, 0.15) is 27.7 Å². The second kappa shape index (κ2) is 3.16. The smallest absolute Gasteiger partial charge is 0.393 e. The third-order valence-electron chi connectivity index (χ3n) is 1.84. The summed E-state index contributed by atoms with van der Waals surface area (Å²) in [5.74, 6) is 0. The summed E-state index contributed by atoms with van der Waals surface area (Å²) < 4.78 is 4.98. The van der Waals surface area contributed by atoms with Crippen molar-refractivity contribution < 1.29 is 4.65 Å². The van der Waals surface area contributed by atoms with Crippen molar-refractivity contribution in [1.29, 1.82) is 0 Å². The van der Waals surface area contributed by atoms with E-state index < -0.39 is 0 Å². The molecule has 0 aromatic heterocycles. The third-order valence-corrected chi connectivity index (χ3v) is 2.37. The van der Waals surface area contributed by atoms with E-state index in [4.69, 9.17) is 10.3 Å². The lowest BCUT2D eigenvalue weighted by Crippen LogP contribution is -2.45. The Hall–Kier alpha value is 0.335. The molecule has 0 saturated carbocycles. The van der Waals surface area contributed by atoms with Crippen molar-refractivity contribution in [2.75, 3.05) is 0 Å². The average molecular weight is 160 g/mol. The van der Waals surface area contributed by atoms with Crippen LogP contribution in [-0.4, -0.2) is 18.0 Å². The molecule has 4 heteroatoms. The van der Waals surface area contributed by atoms with Gasteiger partial charge in [0.1, 0.15) is 0 Å². The van der Waals surface area contributed by atoms with Crippen molar-refractivity contribution in [3.8, 4) is 0 Å². The summed E-state index contributed by atoms with van der Waals surface area (Å²) in [6, 6.07) is 0. The largest absolute Gasteiger partial charge is 0.418 e. The van der Waals surface area contributed by atoms with Crippen LogP contribution in [0, 0.1) is 0 Å². The third kappa shape index (κ3) is 2.52. The van der Waals surface area contributed by atoms with E-state index in [1.165, 1.54) is 7.62 Å². The van der Waals surface area contributed by atoms with Crippen LogP contribution in [0.3, 0.4) is 0 Å². The molecular formula is C6H15BNOS. The first-order valence-electron chi connectivity index (χ1n) is 3.25. The molecule has 0 amide bonds. The summed E-state index contributed by atoms with van der Waals surface area (Å²) in [4.78, 5) is 0. The van der Waals surface area contributed by atoms with Gasteiger partial charge in [-0.1, -0.05) is 0 Å². The Kier molecular flexibility index (Phi) is 3.26. The van der Waals surface area contributed by atoms with Crippen LogP contribution >= 0.6 is 12.6 Å². The lowest BCUT2D eigenvalue weighted by Gasteiger charge is -2.37. The van der Waals surface area contributed by atoms with Crippen LogP contribution in [0.4, 0.5) is 0 Å².